The molecule has 0 bridgehead atoms. The lowest BCUT2D eigenvalue weighted by atomic mass is 10.1. The maximum absolute atomic E-state index is 13.0. The molecule has 2 amide bonds. The summed E-state index contributed by atoms with van der Waals surface area (Å²) < 4.78 is 7.89. The van der Waals surface area contributed by atoms with E-state index >= 15 is 0 Å². The molecule has 1 aliphatic rings. The van der Waals surface area contributed by atoms with Gasteiger partial charge in [-0.3, -0.25) is 14.6 Å². The largest absolute Gasteiger partial charge is 0.457 e. The molecule has 218 valence electrons. The van der Waals surface area contributed by atoms with E-state index in [1.165, 1.54) is 0 Å². The molecule has 42 heavy (non-hydrogen) atoms. The first-order valence-corrected chi connectivity index (χ1v) is 14.1. The van der Waals surface area contributed by atoms with E-state index in [0.717, 1.165) is 24.9 Å². The molecule has 1 aliphatic heterocycles. The summed E-state index contributed by atoms with van der Waals surface area (Å²) in [6, 6.07) is 21.8. The summed E-state index contributed by atoms with van der Waals surface area (Å²) >= 11 is 0. The number of carbonyl (C=O) groups excluding carboxylic acids is 2. The molecule has 3 aromatic carbocycles. The Balaban J connectivity index is 1.51. The van der Waals surface area contributed by atoms with Gasteiger partial charge in [-0.05, 0) is 74.7 Å². The summed E-state index contributed by atoms with van der Waals surface area (Å²) in [5, 5.41) is 6.40. The number of primary amides is 1. The van der Waals surface area contributed by atoms with Gasteiger partial charge in [-0.15, -0.1) is 0 Å². The first-order valence-electron chi connectivity index (χ1n) is 14.1. The summed E-state index contributed by atoms with van der Waals surface area (Å²) in [6.45, 7) is 1.89. The number of hydrogen-bond donors (Lipinski definition) is 5. The van der Waals surface area contributed by atoms with Gasteiger partial charge in [-0.1, -0.05) is 30.3 Å². The lowest BCUT2D eigenvalue weighted by Gasteiger charge is -2.19. The normalized spacial score (nSPS) is 15.3. The number of nitrogens with zero attached hydrogens (tertiary/aromatic N) is 3. The van der Waals surface area contributed by atoms with E-state index in [2.05, 4.69) is 15.6 Å². The number of nitrogens with one attached hydrogen (secondary N) is 2. The Bertz CT molecular complexity index is 1570. The van der Waals surface area contributed by atoms with Gasteiger partial charge in [0.1, 0.15) is 23.4 Å². The standard InChI is InChI=1S/C31H36N8O3/c32-28(40)27(12-6-16-36-31(33)34)39-26-14-13-21(30(41)37-19-22-8-5-15-35-22)18-25(26)38-29(39)20-7-4-11-24(17-20)42-23-9-2-1-3-10-23/h1-4,7,9-11,13-14,17-18,22,27,35H,5-6,8,12,15-16,19H2,(H2,32,40)(H,37,41)(H4,33,34,36). The van der Waals surface area contributed by atoms with Crippen molar-refractivity contribution >= 4 is 28.8 Å². The van der Waals surface area contributed by atoms with Crippen molar-refractivity contribution in [3.05, 3.63) is 78.4 Å². The first-order chi connectivity index (χ1) is 20.4. The third-order valence-electron chi connectivity index (χ3n) is 7.26. The molecule has 1 aromatic heterocycles. The number of aliphatic imine (C=N–C) groups is 1. The summed E-state index contributed by atoms with van der Waals surface area (Å²) in [4.78, 5) is 34.8. The number of rotatable bonds is 12. The van der Waals surface area contributed by atoms with Crippen LogP contribution >= 0.6 is 0 Å². The second-order valence-electron chi connectivity index (χ2n) is 10.3. The zero-order valence-corrected chi connectivity index (χ0v) is 23.3. The minimum absolute atomic E-state index is 0.0101. The average molecular weight is 569 g/mol. The number of imidazole rings is 1. The fraction of sp³-hybridized carbons (Fsp3) is 0.290. The Morgan fingerprint density at radius 2 is 1.86 bits per heavy atom. The lowest BCUT2D eigenvalue weighted by Crippen LogP contribution is -2.37. The van der Waals surface area contributed by atoms with Crippen molar-refractivity contribution in [2.24, 2.45) is 22.2 Å². The van der Waals surface area contributed by atoms with Crippen molar-refractivity contribution in [3.63, 3.8) is 0 Å². The molecule has 0 radical (unpaired) electrons. The zero-order chi connectivity index (χ0) is 29.5. The van der Waals surface area contributed by atoms with Crippen LogP contribution in [0.3, 0.4) is 0 Å². The average Bonchev–Trinajstić information content (AvgIpc) is 3.64. The van der Waals surface area contributed by atoms with Crippen molar-refractivity contribution in [1.82, 2.24) is 20.2 Å². The highest BCUT2D eigenvalue weighted by Crippen LogP contribution is 2.33. The number of aromatic nitrogens is 2. The SMILES string of the molecule is NC(=O)C(CCCN=C(N)N)n1c(-c2cccc(Oc3ccccc3)c2)nc2cc(C(=O)NCC3CCCN3)ccc21. The number of benzene rings is 3. The Kier molecular flexibility index (Phi) is 8.98. The zero-order valence-electron chi connectivity index (χ0n) is 23.3. The van der Waals surface area contributed by atoms with Crippen LogP contribution in [-0.4, -0.2) is 53.0 Å². The summed E-state index contributed by atoms with van der Waals surface area (Å²) in [5.74, 6) is 1.14. The molecule has 11 nitrogen and oxygen atoms in total. The van der Waals surface area contributed by atoms with Gasteiger partial charge in [0.2, 0.25) is 5.91 Å². The number of carbonyl (C=O) groups is 2. The van der Waals surface area contributed by atoms with Gasteiger partial charge in [-0.2, -0.15) is 0 Å². The van der Waals surface area contributed by atoms with E-state index < -0.39 is 11.9 Å². The van der Waals surface area contributed by atoms with E-state index in [9.17, 15) is 9.59 Å². The van der Waals surface area contributed by atoms with E-state index in [0.29, 0.717) is 59.9 Å². The third kappa shape index (κ3) is 6.87. The summed E-state index contributed by atoms with van der Waals surface area (Å²) in [6.07, 6.45) is 3.06. The number of para-hydroxylation sites is 1. The predicted molar refractivity (Wildman–Crippen MR) is 163 cm³/mol. The second kappa shape index (κ2) is 13.2. The Morgan fingerprint density at radius 1 is 1.05 bits per heavy atom. The molecular formula is C31H36N8O3. The van der Waals surface area contributed by atoms with Gasteiger partial charge >= 0.3 is 0 Å². The Labute approximate surface area is 244 Å². The number of fused-ring (bicyclic) bond motifs is 1. The molecule has 1 fully saturated rings. The number of guanidine groups is 1. The van der Waals surface area contributed by atoms with Gasteiger partial charge in [0.15, 0.2) is 5.96 Å². The van der Waals surface area contributed by atoms with Crippen LogP contribution in [0.2, 0.25) is 0 Å². The maximum Gasteiger partial charge on any atom is 0.251 e. The number of hydrogen-bond acceptors (Lipinski definition) is 6. The predicted octanol–water partition coefficient (Wildman–Crippen LogP) is 3.06. The second-order valence-corrected chi connectivity index (χ2v) is 10.3. The van der Waals surface area contributed by atoms with Crippen molar-refractivity contribution in [2.45, 2.75) is 37.8 Å². The molecule has 0 spiro atoms. The minimum atomic E-state index is -0.731. The van der Waals surface area contributed by atoms with Crippen LogP contribution in [0.15, 0.2) is 77.8 Å². The highest BCUT2D eigenvalue weighted by molar-refractivity contribution is 5.98. The van der Waals surface area contributed by atoms with E-state index in [4.69, 9.17) is 26.9 Å². The van der Waals surface area contributed by atoms with Gasteiger partial charge in [0, 0.05) is 30.3 Å². The number of nitrogens with two attached hydrogens (primary N) is 3. The van der Waals surface area contributed by atoms with Crippen molar-refractivity contribution in [3.8, 4) is 22.9 Å². The quantitative estimate of drug-likeness (QED) is 0.0991. The molecule has 0 saturated carbocycles. The first kappa shape index (κ1) is 28.6. The summed E-state index contributed by atoms with van der Waals surface area (Å²) in [5.41, 5.74) is 19.4. The highest BCUT2D eigenvalue weighted by Gasteiger charge is 2.25. The Hall–Kier alpha value is -4.90. The topological polar surface area (TPSA) is 176 Å². The number of ether oxygens (including phenoxy) is 1. The van der Waals surface area contributed by atoms with Gasteiger partial charge in [-0.25, -0.2) is 4.98 Å². The van der Waals surface area contributed by atoms with Crippen LogP contribution in [0.5, 0.6) is 11.5 Å². The van der Waals surface area contributed by atoms with Crippen LogP contribution in [0, 0.1) is 0 Å². The van der Waals surface area contributed by atoms with Crippen molar-refractivity contribution in [1.29, 1.82) is 0 Å². The highest BCUT2D eigenvalue weighted by atomic mass is 16.5. The fourth-order valence-electron chi connectivity index (χ4n) is 5.22. The molecule has 0 aliphatic carbocycles. The third-order valence-corrected chi connectivity index (χ3v) is 7.26. The van der Waals surface area contributed by atoms with Crippen LogP contribution in [0.1, 0.15) is 42.1 Å². The fourth-order valence-corrected chi connectivity index (χ4v) is 5.22. The number of amides is 2. The van der Waals surface area contributed by atoms with E-state index in [1.807, 2.05) is 65.2 Å². The molecule has 2 atom stereocenters. The molecule has 11 heteroatoms. The Morgan fingerprint density at radius 3 is 2.60 bits per heavy atom. The van der Waals surface area contributed by atoms with Gasteiger partial charge in [0.25, 0.3) is 5.91 Å². The molecule has 4 aromatic rings. The van der Waals surface area contributed by atoms with Crippen LogP contribution in [0.25, 0.3) is 22.4 Å². The van der Waals surface area contributed by atoms with Gasteiger partial charge < -0.3 is 37.1 Å². The van der Waals surface area contributed by atoms with Crippen LogP contribution < -0.4 is 32.6 Å². The molecule has 2 unspecified atom stereocenters. The van der Waals surface area contributed by atoms with Crippen molar-refractivity contribution < 1.29 is 14.3 Å². The molecular weight excluding hydrogens is 532 g/mol. The molecule has 2 heterocycles. The molecule has 8 N–H and O–H groups in total. The van der Waals surface area contributed by atoms with E-state index in [1.54, 1.807) is 12.1 Å². The maximum atomic E-state index is 13.0. The monoisotopic (exact) mass is 568 g/mol. The smallest absolute Gasteiger partial charge is 0.251 e. The molecule has 5 rings (SSSR count). The minimum Gasteiger partial charge on any atom is -0.457 e. The van der Waals surface area contributed by atoms with Crippen molar-refractivity contribution in [2.75, 3.05) is 19.6 Å². The van der Waals surface area contributed by atoms with E-state index in [-0.39, 0.29) is 17.9 Å². The molecule has 1 saturated heterocycles. The van der Waals surface area contributed by atoms with Crippen LogP contribution in [-0.2, 0) is 4.79 Å². The van der Waals surface area contributed by atoms with Gasteiger partial charge in [0.05, 0.1) is 11.0 Å². The lowest BCUT2D eigenvalue weighted by molar-refractivity contribution is -0.121. The van der Waals surface area contributed by atoms with Crippen LogP contribution in [0.4, 0.5) is 0 Å². The summed E-state index contributed by atoms with van der Waals surface area (Å²) in [7, 11) is 0.